The van der Waals surface area contributed by atoms with E-state index < -0.39 is 0 Å². The minimum absolute atomic E-state index is 0.164. The second-order valence-corrected chi connectivity index (χ2v) is 9.16. The molecular formula is C27H26N6O2. The van der Waals surface area contributed by atoms with Gasteiger partial charge in [0, 0.05) is 23.9 Å². The second kappa shape index (κ2) is 8.94. The van der Waals surface area contributed by atoms with Crippen LogP contribution in [0.3, 0.4) is 0 Å². The molecule has 1 N–H and O–H groups in total. The van der Waals surface area contributed by atoms with Crippen molar-refractivity contribution in [1.82, 2.24) is 30.0 Å². The Balaban J connectivity index is 1.25. The Morgan fingerprint density at radius 2 is 1.97 bits per heavy atom. The third-order valence-electron chi connectivity index (χ3n) is 6.51. The first-order chi connectivity index (χ1) is 17.2. The van der Waals surface area contributed by atoms with Gasteiger partial charge in [-0.1, -0.05) is 24.3 Å². The molecule has 0 spiro atoms. The molecule has 8 nitrogen and oxygen atoms in total. The zero-order chi connectivity index (χ0) is 23.8. The van der Waals surface area contributed by atoms with E-state index in [1.165, 1.54) is 5.56 Å². The predicted octanol–water partition coefficient (Wildman–Crippen LogP) is 3.90. The lowest BCUT2D eigenvalue weighted by molar-refractivity contribution is 0.0931. The standard InChI is InChI=1S/C27H26N6O2/c1-17(35-21-6-4-12-28-15-21)13-29-26(34)23-16-31-33(25(23)19-9-10-19)27-30-14-20-11-8-18-5-2-3-7-22(18)24(20)32-27/h2-7,12,14-17,19H,8-11,13H2,1H3,(H,29,34)/t17-/m1/s1. The Morgan fingerprint density at radius 3 is 2.80 bits per heavy atom. The van der Waals surface area contributed by atoms with Crippen molar-refractivity contribution >= 4 is 5.91 Å². The highest BCUT2D eigenvalue weighted by Crippen LogP contribution is 2.42. The van der Waals surface area contributed by atoms with E-state index in [4.69, 9.17) is 9.72 Å². The Bertz CT molecular complexity index is 1380. The van der Waals surface area contributed by atoms with Crippen LogP contribution >= 0.6 is 0 Å². The molecule has 1 amide bonds. The molecule has 1 aromatic carbocycles. The summed E-state index contributed by atoms with van der Waals surface area (Å²) < 4.78 is 7.58. The zero-order valence-corrected chi connectivity index (χ0v) is 19.5. The molecule has 0 unspecified atom stereocenters. The van der Waals surface area contributed by atoms with Crippen LogP contribution in [0.4, 0.5) is 0 Å². The van der Waals surface area contributed by atoms with E-state index in [2.05, 4.69) is 38.6 Å². The maximum atomic E-state index is 13.1. The van der Waals surface area contributed by atoms with Gasteiger partial charge in [0.25, 0.3) is 11.9 Å². The van der Waals surface area contributed by atoms with Crippen molar-refractivity contribution in [3.05, 3.63) is 83.6 Å². The van der Waals surface area contributed by atoms with Crippen LogP contribution in [0.25, 0.3) is 17.2 Å². The first kappa shape index (κ1) is 21.5. The number of rotatable bonds is 7. The highest BCUT2D eigenvalue weighted by molar-refractivity contribution is 5.95. The van der Waals surface area contributed by atoms with E-state index in [1.807, 2.05) is 31.3 Å². The van der Waals surface area contributed by atoms with E-state index in [-0.39, 0.29) is 17.9 Å². The molecule has 0 radical (unpaired) electrons. The molecule has 1 saturated carbocycles. The molecule has 2 aliphatic carbocycles. The van der Waals surface area contributed by atoms with Crippen LogP contribution in [-0.2, 0) is 12.8 Å². The number of carbonyl (C=O) groups is 1. The van der Waals surface area contributed by atoms with Gasteiger partial charge in [-0.15, -0.1) is 0 Å². The van der Waals surface area contributed by atoms with Crippen molar-refractivity contribution < 1.29 is 9.53 Å². The first-order valence-electron chi connectivity index (χ1n) is 12.0. The zero-order valence-electron chi connectivity index (χ0n) is 19.5. The Labute approximate surface area is 203 Å². The predicted molar refractivity (Wildman–Crippen MR) is 131 cm³/mol. The number of carbonyl (C=O) groups excluding carboxylic acids is 1. The van der Waals surface area contributed by atoms with Gasteiger partial charge in [-0.05, 0) is 55.9 Å². The maximum absolute atomic E-state index is 13.1. The van der Waals surface area contributed by atoms with Gasteiger partial charge in [0.1, 0.15) is 11.9 Å². The van der Waals surface area contributed by atoms with E-state index in [1.54, 1.807) is 23.3 Å². The van der Waals surface area contributed by atoms with E-state index >= 15 is 0 Å². The number of nitrogens with zero attached hydrogens (tertiary/aromatic N) is 5. The molecule has 0 saturated heterocycles. The third-order valence-corrected chi connectivity index (χ3v) is 6.51. The SMILES string of the molecule is C[C@H](CNC(=O)c1cnn(-c2ncc3c(n2)-c2ccccc2CC3)c1C1CC1)Oc1cccnc1. The highest BCUT2D eigenvalue weighted by atomic mass is 16.5. The van der Waals surface area contributed by atoms with Gasteiger partial charge in [0.15, 0.2) is 0 Å². The lowest BCUT2D eigenvalue weighted by atomic mass is 9.90. The quantitative estimate of drug-likeness (QED) is 0.444. The smallest absolute Gasteiger partial charge is 0.254 e. The number of aromatic nitrogens is 5. The fraction of sp³-hybridized carbons (Fsp3) is 0.296. The summed E-state index contributed by atoms with van der Waals surface area (Å²) in [5.74, 6) is 1.30. The number of hydrogen-bond acceptors (Lipinski definition) is 6. The number of hydrogen-bond donors (Lipinski definition) is 1. The molecule has 1 atom stereocenters. The van der Waals surface area contributed by atoms with Gasteiger partial charge < -0.3 is 10.1 Å². The van der Waals surface area contributed by atoms with Crippen LogP contribution in [0.5, 0.6) is 5.75 Å². The fourth-order valence-corrected chi connectivity index (χ4v) is 4.62. The summed E-state index contributed by atoms with van der Waals surface area (Å²) in [6.45, 7) is 2.28. The van der Waals surface area contributed by atoms with Crippen molar-refractivity contribution in [3.63, 3.8) is 0 Å². The number of nitrogens with one attached hydrogen (secondary N) is 1. The van der Waals surface area contributed by atoms with Crippen molar-refractivity contribution in [2.75, 3.05) is 6.54 Å². The average Bonchev–Trinajstić information content (AvgIpc) is 3.65. The Morgan fingerprint density at radius 1 is 1.11 bits per heavy atom. The molecule has 2 aliphatic rings. The summed E-state index contributed by atoms with van der Waals surface area (Å²) in [6.07, 6.45) is 10.7. The van der Waals surface area contributed by atoms with E-state index in [9.17, 15) is 4.79 Å². The Kier molecular flexibility index (Phi) is 5.48. The van der Waals surface area contributed by atoms with Gasteiger partial charge in [0.05, 0.1) is 35.9 Å². The van der Waals surface area contributed by atoms with Crippen LogP contribution < -0.4 is 10.1 Å². The molecule has 6 rings (SSSR count). The number of fused-ring (bicyclic) bond motifs is 3. The summed E-state index contributed by atoms with van der Waals surface area (Å²) >= 11 is 0. The number of pyridine rings is 1. The lowest BCUT2D eigenvalue weighted by Gasteiger charge is -2.19. The fourth-order valence-electron chi connectivity index (χ4n) is 4.62. The van der Waals surface area contributed by atoms with Crippen LogP contribution in [0.15, 0.2) is 61.2 Å². The first-order valence-corrected chi connectivity index (χ1v) is 12.0. The largest absolute Gasteiger partial charge is 0.487 e. The van der Waals surface area contributed by atoms with Crippen LogP contribution in [0.1, 0.15) is 52.9 Å². The molecule has 1 fully saturated rings. The molecule has 8 heteroatoms. The molecule has 0 aliphatic heterocycles. The summed E-state index contributed by atoms with van der Waals surface area (Å²) in [7, 11) is 0. The van der Waals surface area contributed by atoms with Gasteiger partial charge in [-0.3, -0.25) is 9.78 Å². The van der Waals surface area contributed by atoms with E-state index in [0.29, 0.717) is 23.8 Å². The normalized spacial score (nSPS) is 15.1. The molecule has 0 bridgehead atoms. The van der Waals surface area contributed by atoms with E-state index in [0.717, 1.165) is 48.2 Å². The molecule has 3 heterocycles. The number of amides is 1. The molecular weight excluding hydrogens is 440 g/mol. The summed E-state index contributed by atoms with van der Waals surface area (Å²) in [5.41, 5.74) is 6.01. The van der Waals surface area contributed by atoms with Crippen molar-refractivity contribution in [1.29, 1.82) is 0 Å². The van der Waals surface area contributed by atoms with Crippen molar-refractivity contribution in [2.45, 2.75) is 44.6 Å². The lowest BCUT2D eigenvalue weighted by Crippen LogP contribution is -2.34. The monoisotopic (exact) mass is 466 g/mol. The number of benzene rings is 1. The molecule has 176 valence electrons. The second-order valence-electron chi connectivity index (χ2n) is 9.16. The topological polar surface area (TPSA) is 94.8 Å². The van der Waals surface area contributed by atoms with Crippen molar-refractivity contribution in [2.24, 2.45) is 0 Å². The summed E-state index contributed by atoms with van der Waals surface area (Å²) in [4.78, 5) is 26.7. The van der Waals surface area contributed by atoms with Gasteiger partial charge in [-0.25, -0.2) is 14.6 Å². The number of ether oxygens (including phenoxy) is 1. The summed E-state index contributed by atoms with van der Waals surface area (Å²) in [5, 5.41) is 7.55. The molecule has 3 aromatic heterocycles. The summed E-state index contributed by atoms with van der Waals surface area (Å²) in [6, 6.07) is 12.0. The van der Waals surface area contributed by atoms with Crippen molar-refractivity contribution in [3.8, 4) is 23.0 Å². The minimum atomic E-state index is -0.202. The number of aryl methyl sites for hydroxylation is 2. The van der Waals surface area contributed by atoms with Gasteiger partial charge in [0.2, 0.25) is 0 Å². The highest BCUT2D eigenvalue weighted by Gasteiger charge is 2.34. The maximum Gasteiger partial charge on any atom is 0.254 e. The third kappa shape index (κ3) is 4.27. The van der Waals surface area contributed by atoms with Crippen LogP contribution in [0.2, 0.25) is 0 Å². The Hall–Kier alpha value is -4.07. The molecule has 4 aromatic rings. The van der Waals surface area contributed by atoms with Gasteiger partial charge >= 0.3 is 0 Å². The average molecular weight is 467 g/mol. The van der Waals surface area contributed by atoms with Crippen LogP contribution in [-0.4, -0.2) is 43.3 Å². The molecule has 35 heavy (non-hydrogen) atoms. The minimum Gasteiger partial charge on any atom is -0.487 e. The van der Waals surface area contributed by atoms with Crippen LogP contribution in [0, 0.1) is 0 Å². The van der Waals surface area contributed by atoms with Gasteiger partial charge in [-0.2, -0.15) is 5.10 Å².